The van der Waals surface area contributed by atoms with Crippen molar-refractivity contribution in [2.75, 3.05) is 0 Å². The zero-order valence-corrected chi connectivity index (χ0v) is 12.0. The Kier molecular flexibility index (Phi) is 7.40. The topological polar surface area (TPSA) is 49.4 Å². The van der Waals surface area contributed by atoms with Gasteiger partial charge in [-0.05, 0) is 0 Å². The van der Waals surface area contributed by atoms with Crippen LogP contribution >= 0.6 is 0 Å². The molecule has 0 aromatic heterocycles. The number of halogens is 9. The first-order valence-electron chi connectivity index (χ1n) is 3.15. The van der Waals surface area contributed by atoms with Crippen LogP contribution in [0.3, 0.4) is 0 Å². The molecule has 1 atom stereocenters. The van der Waals surface area contributed by atoms with Gasteiger partial charge in [0.15, 0.2) is 0 Å². The number of rotatable bonds is 4. The fourth-order valence-electron chi connectivity index (χ4n) is 0.499. The predicted octanol–water partition coefficient (Wildman–Crippen LogP) is -0.773. The van der Waals surface area contributed by atoms with Crippen LogP contribution in [0.15, 0.2) is 0 Å². The molecule has 0 bridgehead atoms. The monoisotopic (exact) mass is 338 g/mol. The molecule has 0 rings (SSSR count). The van der Waals surface area contributed by atoms with Crippen molar-refractivity contribution in [2.24, 2.45) is 0 Å². The molecular weight excluding hydrogens is 338 g/mol. The van der Waals surface area contributed by atoms with Gasteiger partial charge in [0.1, 0.15) is 0 Å². The second-order valence-corrected chi connectivity index (χ2v) is 3.03. The van der Waals surface area contributed by atoms with Crippen LogP contribution in [0.25, 0.3) is 0 Å². The molecule has 3 nitrogen and oxygen atoms in total. The number of hydrogen-bond acceptors (Lipinski definition) is 3. The third-order valence-electron chi connectivity index (χ3n) is 1.29. The molecule has 0 aliphatic carbocycles. The SMILES string of the molecule is O=S([O-])OC(F)(F)C(F)(F)C(F)(F)C(F)(F)F.[K+]. The van der Waals surface area contributed by atoms with Crippen molar-refractivity contribution in [3.63, 3.8) is 0 Å². The maximum absolute atomic E-state index is 12.2. The van der Waals surface area contributed by atoms with E-state index in [4.69, 9.17) is 0 Å². The van der Waals surface area contributed by atoms with Crippen molar-refractivity contribution >= 4 is 11.4 Å². The van der Waals surface area contributed by atoms with Crippen LogP contribution in [0.2, 0.25) is 0 Å². The fraction of sp³-hybridized carbons (Fsp3) is 1.00. The van der Waals surface area contributed by atoms with E-state index in [1.165, 1.54) is 0 Å². The van der Waals surface area contributed by atoms with Crippen LogP contribution in [0, 0.1) is 0 Å². The Balaban J connectivity index is 0. The van der Waals surface area contributed by atoms with E-state index >= 15 is 0 Å². The summed E-state index contributed by atoms with van der Waals surface area (Å²) in [5.41, 5.74) is 0. The summed E-state index contributed by atoms with van der Waals surface area (Å²) in [6.45, 7) is 0. The number of hydrogen-bond donors (Lipinski definition) is 0. The quantitative estimate of drug-likeness (QED) is 0.384. The standard InChI is InChI=1S/C4HF9O3S.K/c5-1(6,3(9,10)11)2(7,8)4(12,13)16-17(14)15;/h(H,14,15);/q;+1/p-1. The van der Waals surface area contributed by atoms with E-state index in [9.17, 15) is 48.3 Å². The molecule has 0 saturated heterocycles. The van der Waals surface area contributed by atoms with Crippen LogP contribution < -0.4 is 51.4 Å². The molecule has 18 heavy (non-hydrogen) atoms. The predicted molar refractivity (Wildman–Crippen MR) is 30.9 cm³/mol. The average Bonchev–Trinajstić information content (AvgIpc) is 1.98. The molecule has 1 unspecified atom stereocenters. The minimum absolute atomic E-state index is 0. The molecule has 0 fully saturated rings. The molecule has 0 amide bonds. The summed E-state index contributed by atoms with van der Waals surface area (Å²) in [6.07, 6.45) is -13.6. The van der Waals surface area contributed by atoms with Gasteiger partial charge in [-0.1, -0.05) is 0 Å². The van der Waals surface area contributed by atoms with Gasteiger partial charge in [0.25, 0.3) is 0 Å². The molecule has 0 aromatic rings. The van der Waals surface area contributed by atoms with Crippen molar-refractivity contribution in [1.29, 1.82) is 0 Å². The van der Waals surface area contributed by atoms with E-state index in [2.05, 4.69) is 0 Å². The van der Waals surface area contributed by atoms with Gasteiger partial charge in [-0.15, -0.1) is 0 Å². The van der Waals surface area contributed by atoms with E-state index in [0.29, 0.717) is 0 Å². The summed E-state index contributed by atoms with van der Waals surface area (Å²) < 4.78 is 128. The minimum atomic E-state index is -7.18. The first kappa shape index (κ1) is 21.4. The normalized spacial score (nSPS) is 16.1. The maximum atomic E-state index is 12.2. The first-order valence-corrected chi connectivity index (χ1v) is 4.15. The Labute approximate surface area is 138 Å². The van der Waals surface area contributed by atoms with E-state index < -0.39 is 35.5 Å². The van der Waals surface area contributed by atoms with Crippen LogP contribution in [0.1, 0.15) is 0 Å². The van der Waals surface area contributed by atoms with E-state index in [0.717, 1.165) is 0 Å². The summed E-state index contributed by atoms with van der Waals surface area (Å²) in [5, 5.41) is 0. The third kappa shape index (κ3) is 4.03. The van der Waals surface area contributed by atoms with Gasteiger partial charge in [0.2, 0.25) is 0 Å². The Morgan fingerprint density at radius 2 is 1.17 bits per heavy atom. The average molecular weight is 338 g/mol. The van der Waals surface area contributed by atoms with Crippen LogP contribution in [0.5, 0.6) is 0 Å². The van der Waals surface area contributed by atoms with Crippen molar-refractivity contribution in [2.45, 2.75) is 24.1 Å². The van der Waals surface area contributed by atoms with Gasteiger partial charge in [0, 0.05) is 0 Å². The van der Waals surface area contributed by atoms with Crippen LogP contribution in [0.4, 0.5) is 39.5 Å². The van der Waals surface area contributed by atoms with Gasteiger partial charge >= 0.3 is 75.5 Å². The Morgan fingerprint density at radius 1 is 0.833 bits per heavy atom. The smallest absolute Gasteiger partial charge is 0.750 e. The molecule has 0 spiro atoms. The van der Waals surface area contributed by atoms with Gasteiger partial charge in [0.05, 0.1) is 11.4 Å². The van der Waals surface area contributed by atoms with Crippen molar-refractivity contribution in [3.05, 3.63) is 0 Å². The Morgan fingerprint density at radius 3 is 1.39 bits per heavy atom. The van der Waals surface area contributed by atoms with Crippen LogP contribution in [-0.2, 0) is 15.5 Å². The summed E-state index contributed by atoms with van der Waals surface area (Å²) in [4.78, 5) is 0. The minimum Gasteiger partial charge on any atom is -0.750 e. The van der Waals surface area contributed by atoms with E-state index in [-0.39, 0.29) is 51.4 Å². The van der Waals surface area contributed by atoms with E-state index in [1.807, 2.05) is 4.18 Å². The second-order valence-electron chi connectivity index (χ2n) is 2.45. The molecule has 0 N–H and O–H groups in total. The first-order chi connectivity index (χ1) is 7.17. The van der Waals surface area contributed by atoms with Crippen molar-refractivity contribution in [3.8, 4) is 0 Å². The molecule has 0 heterocycles. The molecule has 104 valence electrons. The van der Waals surface area contributed by atoms with Crippen molar-refractivity contribution < 1.29 is 104 Å². The van der Waals surface area contributed by atoms with Gasteiger partial charge in [-0.3, -0.25) is 0 Å². The fourth-order valence-corrected chi connectivity index (χ4v) is 0.774. The molecule has 0 aromatic carbocycles. The zero-order chi connectivity index (χ0) is 14.3. The van der Waals surface area contributed by atoms with Crippen molar-refractivity contribution in [1.82, 2.24) is 0 Å². The number of alkyl halides is 9. The van der Waals surface area contributed by atoms with Gasteiger partial charge in [-0.2, -0.15) is 39.5 Å². The van der Waals surface area contributed by atoms with Crippen LogP contribution in [-0.4, -0.2) is 32.9 Å². The summed E-state index contributed by atoms with van der Waals surface area (Å²) >= 11 is -4.42. The molecule has 0 aliphatic rings. The molecule has 0 saturated carbocycles. The second kappa shape index (κ2) is 6.23. The maximum Gasteiger partial charge on any atom is 1.00 e. The summed E-state index contributed by atoms with van der Waals surface area (Å²) in [5.74, 6) is -14.3. The Bertz CT molecular complexity index is 315. The summed E-state index contributed by atoms with van der Waals surface area (Å²) in [6, 6.07) is 0. The largest absolute Gasteiger partial charge is 1.00 e. The van der Waals surface area contributed by atoms with Gasteiger partial charge in [-0.25, -0.2) is 8.39 Å². The van der Waals surface area contributed by atoms with E-state index in [1.54, 1.807) is 0 Å². The molecule has 0 radical (unpaired) electrons. The zero-order valence-electron chi connectivity index (χ0n) is 8.03. The molecule has 0 aliphatic heterocycles. The summed E-state index contributed by atoms with van der Waals surface area (Å²) in [7, 11) is 0. The molecule has 14 heteroatoms. The van der Waals surface area contributed by atoms with Gasteiger partial charge < -0.3 is 4.55 Å². The Hall–Kier alpha value is 1.08. The third-order valence-corrected chi connectivity index (χ3v) is 1.63. The molecular formula is C4F9KO3S.